The topological polar surface area (TPSA) is 23.6 Å². The number of anilines is 3. The van der Waals surface area contributed by atoms with E-state index in [2.05, 4.69) is 45.1 Å². The minimum atomic E-state index is 0.0984. The molecule has 0 fully saturated rings. The molecular weight excluding hydrogens is 328 g/mol. The van der Waals surface area contributed by atoms with Crippen LogP contribution >= 0.6 is 15.9 Å². The lowest BCUT2D eigenvalue weighted by Crippen LogP contribution is -2.31. The molecule has 0 radical (unpaired) electrons. The fraction of sp³-hybridized carbons (Fsp3) is 0.235. The first kappa shape index (κ1) is 12.9. The highest BCUT2D eigenvalue weighted by atomic mass is 79.9. The van der Waals surface area contributed by atoms with Crippen LogP contribution in [-0.2, 0) is 17.8 Å². The fourth-order valence-corrected chi connectivity index (χ4v) is 3.68. The Morgan fingerprint density at radius 3 is 2.62 bits per heavy atom. The highest BCUT2D eigenvalue weighted by Gasteiger charge is 2.31. The zero-order valence-electron chi connectivity index (χ0n) is 11.6. The summed E-state index contributed by atoms with van der Waals surface area (Å²) in [5.41, 5.74) is 6.06. The van der Waals surface area contributed by atoms with Gasteiger partial charge in [0.1, 0.15) is 0 Å². The Labute approximate surface area is 132 Å². The molecule has 2 aliphatic heterocycles. The van der Waals surface area contributed by atoms with Crippen molar-refractivity contribution in [3.05, 3.63) is 53.6 Å². The van der Waals surface area contributed by atoms with Gasteiger partial charge >= 0.3 is 0 Å². The standard InChI is InChI=1S/C17H15BrN2O/c18-10-16(21)20-11-13-5-3-4-12-8-9-19(17(12)13)14-6-1-2-7-15(14)20/h1-7H,8-11H2. The molecule has 0 atom stereocenters. The molecule has 1 amide bonds. The predicted molar refractivity (Wildman–Crippen MR) is 88.6 cm³/mol. The lowest BCUT2D eigenvalue weighted by atomic mass is 10.1. The molecule has 2 aromatic carbocycles. The van der Waals surface area contributed by atoms with E-state index in [-0.39, 0.29) is 5.91 Å². The maximum atomic E-state index is 12.4. The van der Waals surface area contributed by atoms with Gasteiger partial charge in [0.25, 0.3) is 0 Å². The summed E-state index contributed by atoms with van der Waals surface area (Å²) < 4.78 is 0. The van der Waals surface area contributed by atoms with Crippen LogP contribution in [0.3, 0.4) is 0 Å². The van der Waals surface area contributed by atoms with Gasteiger partial charge < -0.3 is 9.80 Å². The molecule has 2 heterocycles. The van der Waals surface area contributed by atoms with E-state index < -0.39 is 0 Å². The first-order valence-corrected chi connectivity index (χ1v) is 8.25. The van der Waals surface area contributed by atoms with Crippen LogP contribution in [-0.4, -0.2) is 17.8 Å². The van der Waals surface area contributed by atoms with Crippen LogP contribution < -0.4 is 9.80 Å². The summed E-state index contributed by atoms with van der Waals surface area (Å²) in [6, 6.07) is 14.6. The van der Waals surface area contributed by atoms with Crippen molar-refractivity contribution < 1.29 is 4.79 Å². The maximum absolute atomic E-state index is 12.4. The van der Waals surface area contributed by atoms with Crippen molar-refractivity contribution in [2.75, 3.05) is 21.7 Å². The number of halogens is 1. The highest BCUT2D eigenvalue weighted by Crippen LogP contribution is 2.45. The minimum Gasteiger partial charge on any atom is -0.339 e. The van der Waals surface area contributed by atoms with Crippen molar-refractivity contribution in [3.8, 4) is 0 Å². The second-order valence-electron chi connectivity index (χ2n) is 5.43. The van der Waals surface area contributed by atoms with E-state index in [0.717, 1.165) is 24.3 Å². The molecule has 106 valence electrons. The first-order valence-electron chi connectivity index (χ1n) is 7.13. The largest absolute Gasteiger partial charge is 0.339 e. The number of rotatable bonds is 1. The number of carbonyl (C=O) groups excluding carboxylic acids is 1. The van der Waals surface area contributed by atoms with Crippen LogP contribution in [0.2, 0.25) is 0 Å². The van der Waals surface area contributed by atoms with E-state index in [0.29, 0.717) is 11.9 Å². The molecular formula is C17H15BrN2O. The lowest BCUT2D eigenvalue weighted by molar-refractivity contribution is -0.116. The Morgan fingerprint density at radius 1 is 1.05 bits per heavy atom. The monoisotopic (exact) mass is 342 g/mol. The van der Waals surface area contributed by atoms with E-state index in [9.17, 15) is 4.79 Å². The molecule has 0 saturated carbocycles. The van der Waals surface area contributed by atoms with Crippen LogP contribution in [0.4, 0.5) is 17.1 Å². The maximum Gasteiger partial charge on any atom is 0.238 e. The Balaban J connectivity index is 1.96. The molecule has 21 heavy (non-hydrogen) atoms. The molecule has 0 N–H and O–H groups in total. The van der Waals surface area contributed by atoms with Gasteiger partial charge in [-0.2, -0.15) is 0 Å². The molecule has 2 aromatic rings. The van der Waals surface area contributed by atoms with E-state index in [4.69, 9.17) is 0 Å². The summed E-state index contributed by atoms with van der Waals surface area (Å²) in [6.07, 6.45) is 1.07. The Morgan fingerprint density at radius 2 is 1.81 bits per heavy atom. The van der Waals surface area contributed by atoms with E-state index in [1.165, 1.54) is 16.8 Å². The molecule has 4 heteroatoms. The third-order valence-corrected chi connectivity index (χ3v) is 4.76. The van der Waals surface area contributed by atoms with Gasteiger partial charge in [-0.3, -0.25) is 4.79 Å². The number of para-hydroxylation sites is 3. The SMILES string of the molecule is O=C(CBr)N1Cc2cccc3c2N(CC3)c2ccccc21. The molecule has 0 unspecified atom stereocenters. The summed E-state index contributed by atoms with van der Waals surface area (Å²) >= 11 is 3.31. The van der Waals surface area contributed by atoms with E-state index >= 15 is 0 Å². The second-order valence-corrected chi connectivity index (χ2v) is 5.99. The minimum absolute atomic E-state index is 0.0984. The number of hydrogen-bond donors (Lipinski definition) is 0. The van der Waals surface area contributed by atoms with Crippen LogP contribution in [0.25, 0.3) is 0 Å². The van der Waals surface area contributed by atoms with Crippen LogP contribution in [0.5, 0.6) is 0 Å². The predicted octanol–water partition coefficient (Wildman–Crippen LogP) is 3.62. The average Bonchev–Trinajstić information content (AvgIpc) is 2.90. The highest BCUT2D eigenvalue weighted by molar-refractivity contribution is 9.09. The molecule has 0 saturated heterocycles. The van der Waals surface area contributed by atoms with Crippen LogP contribution in [0.15, 0.2) is 42.5 Å². The number of carbonyl (C=O) groups is 1. The fourth-order valence-electron chi connectivity index (χ4n) is 3.38. The summed E-state index contributed by atoms with van der Waals surface area (Å²) in [5, 5.41) is 0.344. The molecule has 2 aliphatic rings. The van der Waals surface area contributed by atoms with Gasteiger partial charge in [-0.05, 0) is 29.7 Å². The van der Waals surface area contributed by atoms with Crippen LogP contribution in [0, 0.1) is 0 Å². The number of alkyl halides is 1. The van der Waals surface area contributed by atoms with Crippen molar-refractivity contribution in [2.45, 2.75) is 13.0 Å². The van der Waals surface area contributed by atoms with Crippen molar-refractivity contribution >= 4 is 38.9 Å². The molecule has 0 bridgehead atoms. The average molecular weight is 343 g/mol. The zero-order valence-corrected chi connectivity index (χ0v) is 13.1. The molecule has 0 aromatic heterocycles. The number of amides is 1. The summed E-state index contributed by atoms with van der Waals surface area (Å²) in [6.45, 7) is 1.63. The summed E-state index contributed by atoms with van der Waals surface area (Å²) in [7, 11) is 0. The number of nitrogens with zero attached hydrogens (tertiary/aromatic N) is 2. The first-order chi connectivity index (χ1) is 10.3. The van der Waals surface area contributed by atoms with Gasteiger partial charge in [-0.15, -0.1) is 0 Å². The van der Waals surface area contributed by atoms with E-state index in [1.54, 1.807) is 0 Å². The summed E-state index contributed by atoms with van der Waals surface area (Å²) in [5.74, 6) is 0.0984. The molecule has 0 spiro atoms. The van der Waals surface area contributed by atoms with Gasteiger partial charge in [-0.1, -0.05) is 46.3 Å². The Kier molecular flexibility index (Phi) is 3.00. The van der Waals surface area contributed by atoms with Gasteiger partial charge in [-0.25, -0.2) is 0 Å². The van der Waals surface area contributed by atoms with Crippen molar-refractivity contribution in [2.24, 2.45) is 0 Å². The van der Waals surface area contributed by atoms with Crippen molar-refractivity contribution in [3.63, 3.8) is 0 Å². The van der Waals surface area contributed by atoms with Crippen LogP contribution in [0.1, 0.15) is 11.1 Å². The number of fused-ring (bicyclic) bond motifs is 2. The summed E-state index contributed by atoms with van der Waals surface area (Å²) in [4.78, 5) is 16.6. The third-order valence-electron chi connectivity index (χ3n) is 4.28. The third kappa shape index (κ3) is 1.89. The smallest absolute Gasteiger partial charge is 0.238 e. The molecule has 0 aliphatic carbocycles. The molecule has 3 nitrogen and oxygen atoms in total. The van der Waals surface area contributed by atoms with Crippen molar-refractivity contribution in [1.82, 2.24) is 0 Å². The second kappa shape index (κ2) is 4.88. The Hall–Kier alpha value is -1.81. The lowest BCUT2D eigenvalue weighted by Gasteiger charge is -2.24. The van der Waals surface area contributed by atoms with Crippen molar-refractivity contribution in [1.29, 1.82) is 0 Å². The van der Waals surface area contributed by atoms with Gasteiger partial charge in [0.05, 0.1) is 23.2 Å². The number of benzene rings is 2. The molecule has 4 rings (SSSR count). The van der Waals surface area contributed by atoms with Gasteiger partial charge in [0, 0.05) is 12.2 Å². The Bertz CT molecular complexity index is 728. The van der Waals surface area contributed by atoms with E-state index in [1.807, 2.05) is 23.1 Å². The quantitative estimate of drug-likeness (QED) is 0.739. The normalized spacial score (nSPS) is 15.5. The number of hydrogen-bond acceptors (Lipinski definition) is 2. The zero-order chi connectivity index (χ0) is 14.4. The van der Waals surface area contributed by atoms with Gasteiger partial charge in [0.15, 0.2) is 0 Å². The van der Waals surface area contributed by atoms with Gasteiger partial charge in [0.2, 0.25) is 5.91 Å².